The van der Waals surface area contributed by atoms with E-state index < -0.39 is 0 Å². The monoisotopic (exact) mass is 393 g/mol. The molecular weight excluding hydrogens is 366 g/mol. The molecule has 1 aromatic rings. The summed E-state index contributed by atoms with van der Waals surface area (Å²) in [7, 11) is 1.66. The van der Waals surface area contributed by atoms with Crippen LogP contribution in [0.5, 0.6) is 0 Å². The Kier molecular flexibility index (Phi) is 8.34. The zero-order chi connectivity index (χ0) is 18.9. The molecule has 0 saturated heterocycles. The maximum Gasteiger partial charge on any atom is 0.187 e. The first kappa shape index (κ1) is 20.7. The fourth-order valence-corrected chi connectivity index (χ4v) is 3.57. The van der Waals surface area contributed by atoms with Gasteiger partial charge in [0.25, 0.3) is 0 Å². The molecule has 0 radical (unpaired) electrons. The Bertz CT molecular complexity index is 660. The minimum Gasteiger partial charge on any atom is -0.383 e. The first-order chi connectivity index (χ1) is 12.5. The number of ether oxygens (including phenoxy) is 1. The second-order valence-corrected chi connectivity index (χ2v) is 7.83. The number of thiocarbonyl (C=S) groups is 1. The fraction of sp³-hybridized carbons (Fsp3) is 0.500. The van der Waals surface area contributed by atoms with Crippen LogP contribution in [0.15, 0.2) is 34.4 Å². The van der Waals surface area contributed by atoms with Gasteiger partial charge in [-0.1, -0.05) is 30.8 Å². The molecule has 1 heterocycles. The molecule has 0 spiro atoms. The van der Waals surface area contributed by atoms with Gasteiger partial charge in [0.15, 0.2) is 10.3 Å². The van der Waals surface area contributed by atoms with Crippen molar-refractivity contribution in [1.82, 2.24) is 10.7 Å². The molecule has 26 heavy (non-hydrogen) atoms. The van der Waals surface area contributed by atoms with Gasteiger partial charge in [-0.25, -0.2) is 0 Å². The van der Waals surface area contributed by atoms with E-state index in [0.29, 0.717) is 17.0 Å². The Morgan fingerprint density at radius 3 is 2.77 bits per heavy atom. The molecular formula is C18H27N5OS2. The van der Waals surface area contributed by atoms with Crippen LogP contribution in [0.1, 0.15) is 32.8 Å². The molecule has 0 saturated carbocycles. The van der Waals surface area contributed by atoms with E-state index in [4.69, 9.17) is 17.0 Å². The van der Waals surface area contributed by atoms with Gasteiger partial charge >= 0.3 is 0 Å². The van der Waals surface area contributed by atoms with Gasteiger partial charge < -0.3 is 15.4 Å². The van der Waals surface area contributed by atoms with Crippen molar-refractivity contribution >= 4 is 45.7 Å². The van der Waals surface area contributed by atoms with Crippen molar-refractivity contribution in [2.75, 3.05) is 25.6 Å². The summed E-state index contributed by atoms with van der Waals surface area (Å²) < 4.78 is 5.07. The number of hydrogen-bond donors (Lipinski definition) is 3. The summed E-state index contributed by atoms with van der Waals surface area (Å²) in [5.41, 5.74) is 5.79. The fourth-order valence-electron chi connectivity index (χ4n) is 2.36. The molecule has 2 rings (SSSR count). The molecule has 0 bridgehead atoms. The van der Waals surface area contributed by atoms with Crippen LogP contribution in [0.3, 0.4) is 0 Å². The second kappa shape index (κ2) is 10.5. The zero-order valence-electron chi connectivity index (χ0n) is 15.7. The lowest BCUT2D eigenvalue weighted by Crippen LogP contribution is -2.40. The van der Waals surface area contributed by atoms with Gasteiger partial charge in [0, 0.05) is 24.1 Å². The van der Waals surface area contributed by atoms with Crippen LogP contribution in [0.4, 0.5) is 5.69 Å². The third kappa shape index (κ3) is 6.59. The van der Waals surface area contributed by atoms with E-state index in [9.17, 15) is 0 Å². The van der Waals surface area contributed by atoms with E-state index in [0.717, 1.165) is 35.1 Å². The van der Waals surface area contributed by atoms with E-state index in [1.807, 2.05) is 49.9 Å². The zero-order valence-corrected chi connectivity index (χ0v) is 17.3. The topological polar surface area (TPSA) is 70.0 Å². The van der Waals surface area contributed by atoms with Crippen LogP contribution < -0.4 is 16.1 Å². The summed E-state index contributed by atoms with van der Waals surface area (Å²) in [6.07, 6.45) is 1.14. The van der Waals surface area contributed by atoms with E-state index in [1.54, 1.807) is 7.11 Å². The summed E-state index contributed by atoms with van der Waals surface area (Å²) in [5, 5.41) is 12.9. The molecule has 0 aromatic heterocycles. The number of amidine groups is 1. The largest absolute Gasteiger partial charge is 0.383 e. The van der Waals surface area contributed by atoms with Crippen LogP contribution in [0.25, 0.3) is 0 Å². The first-order valence-electron chi connectivity index (χ1n) is 8.70. The lowest BCUT2D eigenvalue weighted by molar-refractivity contribution is 0.179. The van der Waals surface area contributed by atoms with E-state index in [2.05, 4.69) is 33.1 Å². The number of rotatable bonds is 7. The molecule has 0 fully saturated rings. The third-order valence-electron chi connectivity index (χ3n) is 3.85. The SMILES string of the molecule is CC[C@@H]1CN=C(Nc2ccc(/C(C)=N\NC(=S)N[C@@H](C)COC)cc2)S1. The number of anilines is 1. The van der Waals surface area contributed by atoms with Gasteiger partial charge in [0.2, 0.25) is 0 Å². The number of nitrogens with one attached hydrogen (secondary N) is 3. The average Bonchev–Trinajstić information content (AvgIpc) is 3.08. The Labute approximate surface area is 165 Å². The molecule has 0 aliphatic carbocycles. The van der Waals surface area contributed by atoms with Crippen LogP contribution in [0.2, 0.25) is 0 Å². The first-order valence-corrected chi connectivity index (χ1v) is 9.99. The number of benzene rings is 1. The van der Waals surface area contributed by atoms with E-state index in [-0.39, 0.29) is 6.04 Å². The molecule has 0 unspecified atom stereocenters. The highest BCUT2D eigenvalue weighted by Crippen LogP contribution is 2.24. The number of aliphatic imine (C=N–C) groups is 1. The molecule has 0 amide bonds. The van der Waals surface area contributed by atoms with Crippen molar-refractivity contribution < 1.29 is 4.74 Å². The van der Waals surface area contributed by atoms with Crippen molar-refractivity contribution in [2.24, 2.45) is 10.1 Å². The second-order valence-electron chi connectivity index (χ2n) is 6.14. The van der Waals surface area contributed by atoms with Crippen molar-refractivity contribution in [2.45, 2.75) is 38.5 Å². The number of nitrogens with zero attached hydrogens (tertiary/aromatic N) is 2. The van der Waals surface area contributed by atoms with Crippen molar-refractivity contribution in [1.29, 1.82) is 0 Å². The Balaban J connectivity index is 1.86. The van der Waals surface area contributed by atoms with E-state index in [1.165, 1.54) is 0 Å². The van der Waals surface area contributed by atoms with Crippen molar-refractivity contribution in [3.63, 3.8) is 0 Å². The number of hydrogen-bond acceptors (Lipinski definition) is 6. The van der Waals surface area contributed by atoms with Gasteiger partial charge in [0.1, 0.15) is 0 Å². The Morgan fingerprint density at radius 2 is 2.15 bits per heavy atom. The van der Waals surface area contributed by atoms with Crippen LogP contribution in [0, 0.1) is 0 Å². The van der Waals surface area contributed by atoms with Gasteiger partial charge in [-0.2, -0.15) is 5.10 Å². The minimum atomic E-state index is 0.129. The Hall–Kier alpha value is -1.64. The van der Waals surface area contributed by atoms with Gasteiger partial charge in [0.05, 0.1) is 18.9 Å². The summed E-state index contributed by atoms with van der Waals surface area (Å²) in [5.74, 6) is 0. The highest BCUT2D eigenvalue weighted by Gasteiger charge is 2.17. The normalized spacial score (nSPS) is 18.2. The highest BCUT2D eigenvalue weighted by molar-refractivity contribution is 8.15. The minimum absolute atomic E-state index is 0.129. The number of thioether (sulfide) groups is 1. The van der Waals surface area contributed by atoms with Crippen LogP contribution >= 0.6 is 24.0 Å². The third-order valence-corrected chi connectivity index (χ3v) is 5.32. The molecule has 6 nitrogen and oxygen atoms in total. The molecule has 1 aliphatic heterocycles. The number of methoxy groups -OCH3 is 1. The van der Waals surface area contributed by atoms with Gasteiger partial charge in [-0.3, -0.25) is 10.4 Å². The van der Waals surface area contributed by atoms with Crippen LogP contribution in [-0.2, 0) is 4.74 Å². The molecule has 8 heteroatoms. The molecule has 142 valence electrons. The average molecular weight is 394 g/mol. The van der Waals surface area contributed by atoms with Crippen LogP contribution in [-0.4, -0.2) is 47.5 Å². The van der Waals surface area contributed by atoms with Gasteiger partial charge in [-0.05, 0) is 50.2 Å². The maximum atomic E-state index is 5.22. The van der Waals surface area contributed by atoms with Crippen molar-refractivity contribution in [3.8, 4) is 0 Å². The number of hydrazone groups is 1. The molecule has 1 aliphatic rings. The van der Waals surface area contributed by atoms with Crippen molar-refractivity contribution in [3.05, 3.63) is 29.8 Å². The summed E-state index contributed by atoms with van der Waals surface area (Å²) in [4.78, 5) is 4.53. The lowest BCUT2D eigenvalue weighted by atomic mass is 10.1. The quantitative estimate of drug-likeness (QED) is 0.375. The summed E-state index contributed by atoms with van der Waals surface area (Å²) in [6, 6.07) is 8.26. The van der Waals surface area contributed by atoms with Gasteiger partial charge in [-0.15, -0.1) is 0 Å². The summed E-state index contributed by atoms with van der Waals surface area (Å²) in [6.45, 7) is 7.62. The molecule has 3 N–H and O–H groups in total. The Morgan fingerprint density at radius 1 is 1.42 bits per heavy atom. The standard InChI is InChI=1S/C18H27N5OS2/c1-5-16-10-19-18(26-16)21-15-8-6-14(7-9-15)13(3)22-23-17(25)20-12(2)11-24-4/h6-9,12,16H,5,10-11H2,1-4H3,(H,19,21)(H2,20,23,25)/b22-13-/t12-,16+/m0/s1. The summed E-state index contributed by atoms with van der Waals surface area (Å²) >= 11 is 7.03. The highest BCUT2D eigenvalue weighted by atomic mass is 32.2. The maximum absolute atomic E-state index is 5.22. The molecule has 1 aromatic carbocycles. The molecule has 2 atom stereocenters. The predicted octanol–water partition coefficient (Wildman–Crippen LogP) is 3.20. The lowest BCUT2D eigenvalue weighted by Gasteiger charge is -2.14. The smallest absolute Gasteiger partial charge is 0.187 e. The predicted molar refractivity (Wildman–Crippen MR) is 116 cm³/mol. The van der Waals surface area contributed by atoms with E-state index >= 15 is 0 Å².